The van der Waals surface area contributed by atoms with Gasteiger partial charge in [-0.1, -0.05) is 50.3 Å². The molecule has 0 aromatic heterocycles. The molecule has 3 rings (SSSR count). The molecule has 1 N–H and O–H groups in total. The molecule has 2 aromatic rings. The normalized spacial score (nSPS) is 20.8. The summed E-state index contributed by atoms with van der Waals surface area (Å²) in [5.74, 6) is 0.237. The van der Waals surface area contributed by atoms with Crippen LogP contribution in [0.2, 0.25) is 0 Å². The molecular weight excluding hydrogens is 379 g/mol. The average molecular weight is 403 g/mol. The predicted molar refractivity (Wildman–Crippen MR) is 105 cm³/mol. The number of ether oxygens (including phenoxy) is 1. The van der Waals surface area contributed by atoms with Crippen LogP contribution in [0.15, 0.2) is 66.2 Å². The lowest BCUT2D eigenvalue weighted by Crippen LogP contribution is -2.26. The Labute approximate surface area is 168 Å². The molecule has 0 radical (unpaired) electrons. The molecule has 0 bridgehead atoms. The third-order valence-corrected chi connectivity index (χ3v) is 5.41. The fraction of sp³-hybridized carbons (Fsp3) is 0.348. The first kappa shape index (κ1) is 21.0. The van der Waals surface area contributed by atoms with Crippen LogP contribution in [0, 0.1) is 17.3 Å². The van der Waals surface area contributed by atoms with Crippen LogP contribution in [-0.2, 0) is 11.3 Å². The molecule has 2 atom stereocenters. The van der Waals surface area contributed by atoms with Crippen molar-refractivity contribution in [3.8, 4) is 11.5 Å². The van der Waals surface area contributed by atoms with E-state index in [1.807, 2.05) is 68.4 Å². The topological polar surface area (TPSA) is 38.3 Å². The van der Waals surface area contributed by atoms with E-state index in [0.717, 1.165) is 12.5 Å². The van der Waals surface area contributed by atoms with Crippen LogP contribution in [0.25, 0.3) is 0 Å². The maximum Gasteiger partial charge on any atom is 0.412 e. The van der Waals surface area contributed by atoms with Crippen LogP contribution < -0.4 is 10.1 Å². The van der Waals surface area contributed by atoms with Gasteiger partial charge in [0.15, 0.2) is 0 Å². The third-order valence-electron chi connectivity index (χ3n) is 5.41. The maximum absolute atomic E-state index is 12.8. The Morgan fingerprint density at radius 1 is 1.10 bits per heavy atom. The zero-order valence-electron chi connectivity index (χ0n) is 16.6. The minimum Gasteiger partial charge on any atom is -0.457 e. The SMILES string of the molecule is CC(=CC1C(C(=O)NCc2cccc(Oc3ccccc3)c2)C1(C)C)C(F)(F)F. The Bertz CT molecular complexity index is 904. The number of benzene rings is 2. The second kappa shape index (κ2) is 7.93. The van der Waals surface area contributed by atoms with Crippen molar-refractivity contribution >= 4 is 5.91 Å². The summed E-state index contributed by atoms with van der Waals surface area (Å²) in [5.41, 5.74) is -0.296. The quantitative estimate of drug-likeness (QED) is 0.612. The molecule has 1 saturated carbocycles. The van der Waals surface area contributed by atoms with E-state index in [9.17, 15) is 18.0 Å². The number of hydrogen-bond donors (Lipinski definition) is 1. The molecule has 0 aliphatic heterocycles. The van der Waals surface area contributed by atoms with Crippen LogP contribution >= 0.6 is 0 Å². The summed E-state index contributed by atoms with van der Waals surface area (Å²) in [5, 5.41) is 2.84. The van der Waals surface area contributed by atoms with Gasteiger partial charge in [0.05, 0.1) is 5.92 Å². The number of carbonyl (C=O) groups excluding carboxylic acids is 1. The smallest absolute Gasteiger partial charge is 0.412 e. The first-order valence-corrected chi connectivity index (χ1v) is 9.44. The van der Waals surface area contributed by atoms with Gasteiger partial charge in [-0.15, -0.1) is 0 Å². The van der Waals surface area contributed by atoms with Gasteiger partial charge in [0, 0.05) is 12.1 Å². The van der Waals surface area contributed by atoms with Gasteiger partial charge in [0.25, 0.3) is 0 Å². The molecule has 3 nitrogen and oxygen atoms in total. The van der Waals surface area contributed by atoms with Crippen molar-refractivity contribution in [2.75, 3.05) is 0 Å². The standard InChI is InChI=1S/C23H24F3NO2/c1-15(23(24,25)26)12-19-20(22(19,2)3)21(28)27-14-16-8-7-11-18(13-16)29-17-9-5-4-6-10-17/h4-13,19-20H,14H2,1-3H3,(H,27,28). The molecule has 1 aliphatic rings. The summed E-state index contributed by atoms with van der Waals surface area (Å²) < 4.78 is 44.2. The molecule has 154 valence electrons. The molecule has 0 saturated heterocycles. The summed E-state index contributed by atoms with van der Waals surface area (Å²) in [4.78, 5) is 12.6. The average Bonchev–Trinajstić information content (AvgIpc) is 3.20. The van der Waals surface area contributed by atoms with Gasteiger partial charge in [0.1, 0.15) is 11.5 Å². The Morgan fingerprint density at radius 3 is 2.41 bits per heavy atom. The molecule has 2 aromatic carbocycles. The minimum absolute atomic E-state index is 0.236. The Kier molecular flexibility index (Phi) is 5.73. The van der Waals surface area contributed by atoms with Gasteiger partial charge in [-0.05, 0) is 48.1 Å². The van der Waals surface area contributed by atoms with Crippen molar-refractivity contribution in [2.45, 2.75) is 33.5 Å². The number of rotatable bonds is 6. The second-order valence-corrected chi connectivity index (χ2v) is 7.95. The Balaban J connectivity index is 1.60. The molecule has 0 heterocycles. The number of carbonyl (C=O) groups is 1. The number of allylic oxidation sites excluding steroid dienone is 2. The van der Waals surface area contributed by atoms with Crippen molar-refractivity contribution in [2.24, 2.45) is 17.3 Å². The molecule has 1 amide bonds. The summed E-state index contributed by atoms with van der Waals surface area (Å²) in [6, 6.07) is 16.7. The second-order valence-electron chi connectivity index (χ2n) is 7.95. The van der Waals surface area contributed by atoms with E-state index in [1.54, 1.807) is 0 Å². The van der Waals surface area contributed by atoms with Crippen molar-refractivity contribution in [1.29, 1.82) is 0 Å². The number of para-hydroxylation sites is 1. The largest absolute Gasteiger partial charge is 0.457 e. The van der Waals surface area contributed by atoms with E-state index in [1.165, 1.54) is 6.08 Å². The predicted octanol–water partition coefficient (Wildman–Crippen LogP) is 5.88. The van der Waals surface area contributed by atoms with Crippen LogP contribution in [0.4, 0.5) is 13.2 Å². The lowest BCUT2D eigenvalue weighted by molar-refractivity contribution is -0.123. The number of nitrogens with one attached hydrogen (secondary N) is 1. The first-order valence-electron chi connectivity index (χ1n) is 9.44. The van der Waals surface area contributed by atoms with Crippen LogP contribution in [0.3, 0.4) is 0 Å². The van der Waals surface area contributed by atoms with Gasteiger partial charge in [-0.2, -0.15) is 13.2 Å². The van der Waals surface area contributed by atoms with Crippen molar-refractivity contribution < 1.29 is 22.7 Å². The highest BCUT2D eigenvalue weighted by molar-refractivity contribution is 5.83. The summed E-state index contributed by atoms with van der Waals surface area (Å²) in [6.45, 7) is 4.96. The third kappa shape index (κ3) is 5.00. The van der Waals surface area contributed by atoms with E-state index < -0.39 is 29.0 Å². The van der Waals surface area contributed by atoms with E-state index >= 15 is 0 Å². The fourth-order valence-electron chi connectivity index (χ4n) is 3.50. The summed E-state index contributed by atoms with van der Waals surface area (Å²) in [6.07, 6.45) is -3.18. The zero-order valence-corrected chi connectivity index (χ0v) is 16.6. The van der Waals surface area contributed by atoms with Crippen molar-refractivity contribution in [1.82, 2.24) is 5.32 Å². The molecule has 0 spiro atoms. The Hall–Kier alpha value is -2.76. The van der Waals surface area contributed by atoms with Crippen molar-refractivity contribution in [3.63, 3.8) is 0 Å². The van der Waals surface area contributed by atoms with Gasteiger partial charge < -0.3 is 10.1 Å². The lowest BCUT2D eigenvalue weighted by atomic mass is 10.1. The highest BCUT2D eigenvalue weighted by Crippen LogP contribution is 2.59. The van der Waals surface area contributed by atoms with E-state index in [0.29, 0.717) is 11.5 Å². The zero-order chi connectivity index (χ0) is 21.2. The van der Waals surface area contributed by atoms with Crippen molar-refractivity contribution in [3.05, 3.63) is 71.8 Å². The number of hydrogen-bond acceptors (Lipinski definition) is 2. The van der Waals surface area contributed by atoms with Gasteiger partial charge in [-0.25, -0.2) is 0 Å². The van der Waals surface area contributed by atoms with Crippen LogP contribution in [-0.4, -0.2) is 12.1 Å². The number of alkyl halides is 3. The van der Waals surface area contributed by atoms with E-state index in [4.69, 9.17) is 4.74 Å². The first-order chi connectivity index (χ1) is 13.6. The van der Waals surface area contributed by atoms with Gasteiger partial charge in [-0.3, -0.25) is 4.79 Å². The molecule has 2 unspecified atom stereocenters. The molecule has 6 heteroatoms. The highest BCUT2D eigenvalue weighted by Gasteiger charge is 2.60. The highest BCUT2D eigenvalue weighted by atomic mass is 19.4. The maximum atomic E-state index is 12.8. The van der Waals surface area contributed by atoms with Crippen LogP contribution in [0.1, 0.15) is 26.3 Å². The lowest BCUT2D eigenvalue weighted by Gasteiger charge is -2.09. The number of halogens is 3. The van der Waals surface area contributed by atoms with E-state index in [-0.39, 0.29) is 12.5 Å². The summed E-state index contributed by atoms with van der Waals surface area (Å²) in [7, 11) is 0. The number of amides is 1. The Morgan fingerprint density at radius 2 is 1.76 bits per heavy atom. The summed E-state index contributed by atoms with van der Waals surface area (Å²) >= 11 is 0. The molecule has 1 fully saturated rings. The minimum atomic E-state index is -4.36. The molecule has 29 heavy (non-hydrogen) atoms. The fourth-order valence-corrected chi connectivity index (χ4v) is 3.50. The molecular formula is C23H24F3NO2. The monoisotopic (exact) mass is 403 g/mol. The van der Waals surface area contributed by atoms with Crippen LogP contribution in [0.5, 0.6) is 11.5 Å². The van der Waals surface area contributed by atoms with E-state index in [2.05, 4.69) is 5.32 Å². The van der Waals surface area contributed by atoms with Gasteiger partial charge in [0.2, 0.25) is 5.91 Å². The van der Waals surface area contributed by atoms with Gasteiger partial charge >= 0.3 is 6.18 Å². The molecule has 1 aliphatic carbocycles.